The minimum atomic E-state index is -0.406. The molecule has 0 saturated carbocycles. The van der Waals surface area contributed by atoms with Crippen molar-refractivity contribution in [2.75, 3.05) is 13.2 Å². The molecule has 0 radical (unpaired) electrons. The fourth-order valence-corrected chi connectivity index (χ4v) is 2.09. The van der Waals surface area contributed by atoms with Gasteiger partial charge in [0, 0.05) is 12.6 Å². The summed E-state index contributed by atoms with van der Waals surface area (Å²) < 4.78 is 5.66. The van der Waals surface area contributed by atoms with Gasteiger partial charge in [-0.3, -0.25) is 0 Å². The van der Waals surface area contributed by atoms with Gasteiger partial charge in [0.15, 0.2) is 0 Å². The van der Waals surface area contributed by atoms with E-state index in [1.165, 1.54) is 6.42 Å². The summed E-state index contributed by atoms with van der Waals surface area (Å²) in [6.07, 6.45) is 3.26. The maximum absolute atomic E-state index is 9.87. The third-order valence-electron chi connectivity index (χ3n) is 3.26. The van der Waals surface area contributed by atoms with Crippen LogP contribution in [-0.4, -0.2) is 36.5 Å². The van der Waals surface area contributed by atoms with E-state index < -0.39 is 6.10 Å². The lowest BCUT2D eigenvalue weighted by atomic mass is 10.0. The van der Waals surface area contributed by atoms with Crippen molar-refractivity contribution >= 4 is 0 Å². The Morgan fingerprint density at radius 1 is 0.947 bits per heavy atom. The average molecular weight is 273 g/mol. The predicted molar refractivity (Wildman–Crippen MR) is 82.4 cm³/mol. The Morgan fingerprint density at radius 3 is 2.11 bits per heavy atom. The Labute approximate surface area is 120 Å². The molecule has 0 bridgehead atoms. The molecule has 116 valence electrons. The van der Waals surface area contributed by atoms with Crippen molar-refractivity contribution in [1.29, 1.82) is 0 Å². The zero-order valence-electron chi connectivity index (χ0n) is 13.8. The van der Waals surface area contributed by atoms with Crippen LogP contribution in [0.3, 0.4) is 0 Å². The summed E-state index contributed by atoms with van der Waals surface area (Å²) in [6, 6.07) is 0.463. The van der Waals surface area contributed by atoms with Gasteiger partial charge in [0.05, 0.1) is 18.8 Å². The minimum absolute atomic E-state index is 0.230. The third-order valence-corrected chi connectivity index (χ3v) is 3.26. The van der Waals surface area contributed by atoms with Crippen molar-refractivity contribution in [3.8, 4) is 0 Å². The Kier molecular flexibility index (Phi) is 10.6. The molecule has 0 spiro atoms. The molecular formula is C16H35NO2. The largest absolute Gasteiger partial charge is 0.389 e. The molecular weight excluding hydrogens is 238 g/mol. The molecule has 0 saturated heterocycles. The van der Waals surface area contributed by atoms with Gasteiger partial charge in [0.2, 0.25) is 0 Å². The summed E-state index contributed by atoms with van der Waals surface area (Å²) >= 11 is 0. The minimum Gasteiger partial charge on any atom is -0.389 e. The van der Waals surface area contributed by atoms with E-state index in [2.05, 4.69) is 46.9 Å². The average Bonchev–Trinajstić information content (AvgIpc) is 2.30. The molecule has 0 heterocycles. The molecule has 0 rings (SSSR count). The van der Waals surface area contributed by atoms with Crippen molar-refractivity contribution in [2.24, 2.45) is 11.8 Å². The van der Waals surface area contributed by atoms with E-state index in [1.807, 2.05) is 0 Å². The highest BCUT2D eigenvalue weighted by atomic mass is 16.5. The monoisotopic (exact) mass is 273 g/mol. The van der Waals surface area contributed by atoms with Gasteiger partial charge in [0.1, 0.15) is 0 Å². The SMILES string of the molecule is CC(C)CC[C@H](C)NC[C@H](O)CO[C@@H](C)CC(C)C. The summed E-state index contributed by atoms with van der Waals surface area (Å²) in [4.78, 5) is 0. The fourth-order valence-electron chi connectivity index (χ4n) is 2.09. The fraction of sp³-hybridized carbons (Fsp3) is 1.00. The first-order valence-electron chi connectivity index (χ1n) is 7.84. The predicted octanol–water partition coefficient (Wildman–Crippen LogP) is 3.21. The molecule has 19 heavy (non-hydrogen) atoms. The van der Waals surface area contributed by atoms with E-state index >= 15 is 0 Å². The molecule has 0 aromatic rings. The van der Waals surface area contributed by atoms with E-state index in [1.54, 1.807) is 0 Å². The highest BCUT2D eigenvalue weighted by Crippen LogP contribution is 2.08. The van der Waals surface area contributed by atoms with E-state index in [9.17, 15) is 5.11 Å². The van der Waals surface area contributed by atoms with Gasteiger partial charge < -0.3 is 15.2 Å². The van der Waals surface area contributed by atoms with Crippen molar-refractivity contribution in [3.05, 3.63) is 0 Å². The smallest absolute Gasteiger partial charge is 0.0897 e. The van der Waals surface area contributed by atoms with Crippen LogP contribution in [-0.2, 0) is 4.74 Å². The van der Waals surface area contributed by atoms with Gasteiger partial charge in [-0.25, -0.2) is 0 Å². The molecule has 0 aromatic heterocycles. The van der Waals surface area contributed by atoms with E-state index in [0.29, 0.717) is 25.1 Å². The van der Waals surface area contributed by atoms with Crippen LogP contribution in [0.25, 0.3) is 0 Å². The summed E-state index contributed by atoms with van der Waals surface area (Å²) in [6.45, 7) is 14.2. The van der Waals surface area contributed by atoms with Gasteiger partial charge in [-0.2, -0.15) is 0 Å². The first-order valence-corrected chi connectivity index (χ1v) is 7.84. The molecule has 0 amide bonds. The van der Waals surface area contributed by atoms with Gasteiger partial charge in [-0.1, -0.05) is 27.7 Å². The van der Waals surface area contributed by atoms with Crippen LogP contribution in [0.2, 0.25) is 0 Å². The number of nitrogens with one attached hydrogen (secondary N) is 1. The molecule has 0 aliphatic carbocycles. The molecule has 0 aromatic carbocycles. The topological polar surface area (TPSA) is 41.5 Å². The van der Waals surface area contributed by atoms with Crippen LogP contribution in [0.5, 0.6) is 0 Å². The number of aliphatic hydroxyl groups is 1. The Bertz CT molecular complexity index is 207. The molecule has 0 aliphatic heterocycles. The summed E-state index contributed by atoms with van der Waals surface area (Å²) in [7, 11) is 0. The van der Waals surface area contributed by atoms with Crippen LogP contribution >= 0.6 is 0 Å². The van der Waals surface area contributed by atoms with Gasteiger partial charge in [-0.15, -0.1) is 0 Å². The lowest BCUT2D eigenvalue weighted by Crippen LogP contribution is -2.36. The highest BCUT2D eigenvalue weighted by Gasteiger charge is 2.11. The van der Waals surface area contributed by atoms with E-state index in [-0.39, 0.29) is 6.10 Å². The Morgan fingerprint density at radius 2 is 1.58 bits per heavy atom. The summed E-state index contributed by atoms with van der Waals surface area (Å²) in [5.41, 5.74) is 0. The number of rotatable bonds is 11. The van der Waals surface area contributed by atoms with Crippen LogP contribution < -0.4 is 5.32 Å². The quantitative estimate of drug-likeness (QED) is 0.607. The molecule has 3 nitrogen and oxygen atoms in total. The Hall–Kier alpha value is -0.120. The first-order chi connectivity index (χ1) is 8.81. The molecule has 2 N–H and O–H groups in total. The Balaban J connectivity index is 3.60. The van der Waals surface area contributed by atoms with Crippen molar-refractivity contribution in [1.82, 2.24) is 5.32 Å². The molecule has 3 atom stereocenters. The van der Waals surface area contributed by atoms with Gasteiger partial charge >= 0.3 is 0 Å². The van der Waals surface area contributed by atoms with Crippen molar-refractivity contribution in [2.45, 2.75) is 79.1 Å². The molecule has 0 fully saturated rings. The van der Waals surface area contributed by atoms with Crippen molar-refractivity contribution in [3.63, 3.8) is 0 Å². The molecule has 0 aliphatic rings. The number of aliphatic hydroxyl groups excluding tert-OH is 1. The molecule has 0 unspecified atom stereocenters. The van der Waals surface area contributed by atoms with Gasteiger partial charge in [-0.05, 0) is 44.9 Å². The molecule has 3 heteroatoms. The standard InChI is InChI=1S/C16H35NO2/c1-12(2)7-8-14(5)17-10-16(18)11-19-15(6)9-13(3)4/h12-18H,7-11H2,1-6H3/t14-,15-,16-/m0/s1. The maximum atomic E-state index is 9.87. The second-order valence-electron chi connectivity index (χ2n) is 6.71. The zero-order valence-corrected chi connectivity index (χ0v) is 13.8. The number of hydrogen-bond donors (Lipinski definition) is 2. The summed E-state index contributed by atoms with van der Waals surface area (Å²) in [5, 5.41) is 13.2. The highest BCUT2D eigenvalue weighted by molar-refractivity contribution is 4.66. The van der Waals surface area contributed by atoms with Crippen LogP contribution in [0.15, 0.2) is 0 Å². The van der Waals surface area contributed by atoms with E-state index in [0.717, 1.165) is 18.8 Å². The van der Waals surface area contributed by atoms with E-state index in [4.69, 9.17) is 4.74 Å². The van der Waals surface area contributed by atoms with Crippen LogP contribution in [0.1, 0.15) is 60.8 Å². The third kappa shape index (κ3) is 12.6. The number of ether oxygens (including phenoxy) is 1. The second-order valence-corrected chi connectivity index (χ2v) is 6.71. The maximum Gasteiger partial charge on any atom is 0.0897 e. The van der Waals surface area contributed by atoms with Crippen LogP contribution in [0.4, 0.5) is 0 Å². The summed E-state index contributed by atoms with van der Waals surface area (Å²) in [5.74, 6) is 1.38. The van der Waals surface area contributed by atoms with Crippen LogP contribution in [0, 0.1) is 11.8 Å². The van der Waals surface area contributed by atoms with Gasteiger partial charge in [0.25, 0.3) is 0 Å². The number of hydrogen-bond acceptors (Lipinski definition) is 3. The normalized spacial score (nSPS) is 16.9. The zero-order chi connectivity index (χ0) is 14.8. The lowest BCUT2D eigenvalue weighted by molar-refractivity contribution is -0.00921. The van der Waals surface area contributed by atoms with Crippen molar-refractivity contribution < 1.29 is 9.84 Å². The lowest BCUT2D eigenvalue weighted by Gasteiger charge is -2.20. The first kappa shape index (κ1) is 18.9. The second kappa shape index (κ2) is 10.6.